The smallest absolute Gasteiger partial charge is 0.231 e. The van der Waals surface area contributed by atoms with Gasteiger partial charge in [0.15, 0.2) is 23.0 Å². The van der Waals surface area contributed by atoms with Crippen molar-refractivity contribution in [2.75, 3.05) is 45.5 Å². The molecule has 0 amide bonds. The number of methoxy groups -OCH3 is 1. The van der Waals surface area contributed by atoms with E-state index in [4.69, 9.17) is 18.9 Å². The normalized spacial score (nSPS) is 14.9. The third kappa shape index (κ3) is 10.9. The predicted molar refractivity (Wildman–Crippen MR) is 186 cm³/mol. The van der Waals surface area contributed by atoms with Crippen LogP contribution in [0.25, 0.3) is 10.9 Å². The standard InChI is InChI=1S/C24H27BrN4O4.C6H19NSi2.Na/c1-30-20-12-16-18(13-21(20)31-11-5-10-29-8-3-2-4-9-29)26-14-27-24(16)28-22-17(25)6-7-19-23(22)33-15-32-19;1-8(2,3)7-9(4,5)6;/h6-7,12-14H,2-5,8-11,15H2,1H3,(H,26,27,28);7H,1-6H3;. The van der Waals surface area contributed by atoms with Crippen LogP contribution in [0.15, 0.2) is 35.1 Å². The molecule has 2 aliphatic rings. The van der Waals surface area contributed by atoms with Crippen molar-refractivity contribution in [1.82, 2.24) is 19.5 Å². The number of ether oxygens (including phenoxy) is 4. The van der Waals surface area contributed by atoms with Crippen LogP contribution in [-0.2, 0) is 0 Å². The van der Waals surface area contributed by atoms with Crippen molar-refractivity contribution in [3.63, 3.8) is 0 Å². The molecular weight excluding hydrogens is 653 g/mol. The van der Waals surface area contributed by atoms with Crippen molar-refractivity contribution < 1.29 is 18.9 Å². The Labute approximate surface area is 289 Å². The van der Waals surface area contributed by atoms with Crippen LogP contribution in [0.3, 0.4) is 0 Å². The van der Waals surface area contributed by atoms with Crippen molar-refractivity contribution in [3.05, 3.63) is 35.1 Å². The van der Waals surface area contributed by atoms with Gasteiger partial charge in [-0.25, -0.2) is 9.97 Å². The van der Waals surface area contributed by atoms with E-state index in [1.807, 2.05) is 24.3 Å². The van der Waals surface area contributed by atoms with Crippen molar-refractivity contribution in [2.24, 2.45) is 0 Å². The quantitative estimate of drug-likeness (QED) is 0.172. The summed E-state index contributed by atoms with van der Waals surface area (Å²) in [5.74, 6) is 3.32. The fraction of sp³-hybridized carbons (Fsp3) is 0.533. The summed E-state index contributed by atoms with van der Waals surface area (Å²) < 4.78 is 27.5. The molecule has 3 aromatic rings. The summed E-state index contributed by atoms with van der Waals surface area (Å²) in [6, 6.07) is 7.60. The number of nitrogens with zero attached hydrogens (tertiary/aromatic N) is 3. The molecule has 2 N–H and O–H groups in total. The summed E-state index contributed by atoms with van der Waals surface area (Å²) in [6.07, 6.45) is 6.47. The van der Waals surface area contributed by atoms with Gasteiger partial charge in [-0.2, -0.15) is 0 Å². The van der Waals surface area contributed by atoms with Crippen LogP contribution in [0.2, 0.25) is 39.3 Å². The van der Waals surface area contributed by atoms with Gasteiger partial charge in [-0.15, -0.1) is 0 Å². The number of hydrogen-bond donors (Lipinski definition) is 2. The van der Waals surface area contributed by atoms with Gasteiger partial charge in [0.2, 0.25) is 6.79 Å². The van der Waals surface area contributed by atoms with E-state index in [9.17, 15) is 0 Å². The van der Waals surface area contributed by atoms with Crippen LogP contribution in [0, 0.1) is 0 Å². The second kappa shape index (κ2) is 16.3. The minimum absolute atomic E-state index is 0. The molecule has 9 nitrogen and oxygen atoms in total. The monoisotopic (exact) mass is 698 g/mol. The SMILES string of the molecule is COc1cc2c(Nc3c(Br)ccc4c3OCO4)ncnc2cc1OCCCN1CCCCC1.C[Si](C)(C)N[Si](C)(C)C.[Na]. The molecule has 13 heteroatoms. The van der Waals surface area contributed by atoms with Gasteiger partial charge in [0, 0.05) is 52.0 Å². The molecule has 231 valence electrons. The number of likely N-dealkylation sites (tertiary alicyclic amines) is 1. The Bertz CT molecular complexity index is 1340. The van der Waals surface area contributed by atoms with E-state index in [1.54, 1.807) is 7.11 Å². The largest absolute Gasteiger partial charge is 0.493 e. The molecule has 0 aliphatic carbocycles. The van der Waals surface area contributed by atoms with Gasteiger partial charge in [-0.05, 0) is 66.5 Å². The number of piperidine rings is 1. The van der Waals surface area contributed by atoms with E-state index in [1.165, 1.54) is 38.7 Å². The second-order valence-corrected chi connectivity index (χ2v) is 23.6. The van der Waals surface area contributed by atoms with Gasteiger partial charge >= 0.3 is 0 Å². The predicted octanol–water partition coefficient (Wildman–Crippen LogP) is 6.99. The first-order chi connectivity index (χ1) is 19.9. The average Bonchev–Trinajstić information content (AvgIpc) is 3.40. The number of nitrogens with one attached hydrogen (secondary N) is 2. The number of fused-ring (bicyclic) bond motifs is 2. The minimum atomic E-state index is -0.981. The van der Waals surface area contributed by atoms with Gasteiger partial charge < -0.3 is 33.8 Å². The van der Waals surface area contributed by atoms with Crippen molar-refractivity contribution in [2.45, 2.75) is 65.0 Å². The molecule has 0 atom stereocenters. The van der Waals surface area contributed by atoms with E-state index >= 15 is 0 Å². The fourth-order valence-electron chi connectivity index (χ4n) is 5.40. The van der Waals surface area contributed by atoms with E-state index in [-0.39, 0.29) is 36.4 Å². The van der Waals surface area contributed by atoms with Crippen molar-refractivity contribution in [3.8, 4) is 23.0 Å². The zero-order valence-corrected chi connectivity index (χ0v) is 32.7. The first kappa shape index (κ1) is 36.1. The van der Waals surface area contributed by atoms with Gasteiger partial charge in [-0.3, -0.25) is 0 Å². The molecule has 43 heavy (non-hydrogen) atoms. The van der Waals surface area contributed by atoms with Gasteiger partial charge in [0.1, 0.15) is 34.3 Å². The number of halogens is 1. The summed E-state index contributed by atoms with van der Waals surface area (Å²) in [5, 5.41) is 4.19. The van der Waals surface area contributed by atoms with E-state index in [0.29, 0.717) is 35.4 Å². The molecule has 1 aromatic heterocycles. The van der Waals surface area contributed by atoms with Crippen LogP contribution in [-0.4, -0.2) is 101 Å². The fourth-order valence-corrected chi connectivity index (χ4v) is 14.8. The maximum atomic E-state index is 6.09. The molecule has 2 aromatic carbocycles. The number of rotatable bonds is 10. The molecule has 0 bridgehead atoms. The molecule has 0 saturated carbocycles. The van der Waals surface area contributed by atoms with E-state index in [2.05, 4.69) is 80.0 Å². The van der Waals surface area contributed by atoms with Crippen molar-refractivity contribution in [1.29, 1.82) is 0 Å². The van der Waals surface area contributed by atoms with Gasteiger partial charge in [-0.1, -0.05) is 45.7 Å². The van der Waals surface area contributed by atoms with Crippen LogP contribution in [0.5, 0.6) is 23.0 Å². The average molecular weight is 700 g/mol. The summed E-state index contributed by atoms with van der Waals surface area (Å²) in [4.78, 5) is 11.4. The Morgan fingerprint density at radius 3 is 2.33 bits per heavy atom. The number of anilines is 2. The number of benzene rings is 2. The molecule has 0 spiro atoms. The molecule has 1 radical (unpaired) electrons. The molecule has 5 rings (SSSR count). The Balaban J connectivity index is 0.000000443. The summed E-state index contributed by atoms with van der Waals surface area (Å²) >= 11 is 3.59. The summed E-state index contributed by atoms with van der Waals surface area (Å²) in [6.45, 7) is 18.4. The maximum Gasteiger partial charge on any atom is 0.231 e. The molecule has 2 aliphatic heterocycles. The molecule has 1 saturated heterocycles. The van der Waals surface area contributed by atoms with Crippen LogP contribution >= 0.6 is 15.9 Å². The molecule has 1 fully saturated rings. The Morgan fingerprint density at radius 1 is 0.953 bits per heavy atom. The second-order valence-electron chi connectivity index (χ2n) is 12.8. The maximum absolute atomic E-state index is 6.09. The van der Waals surface area contributed by atoms with E-state index < -0.39 is 16.5 Å². The first-order valence-corrected chi connectivity index (χ1v) is 22.6. The Morgan fingerprint density at radius 2 is 1.67 bits per heavy atom. The first-order valence-electron chi connectivity index (χ1n) is 14.8. The summed E-state index contributed by atoms with van der Waals surface area (Å²) in [5.41, 5.74) is 1.52. The Kier molecular flexibility index (Phi) is 13.6. The van der Waals surface area contributed by atoms with E-state index in [0.717, 1.165) is 34.0 Å². The number of hydrogen-bond acceptors (Lipinski definition) is 9. The zero-order valence-electron chi connectivity index (χ0n) is 27.1. The zero-order chi connectivity index (χ0) is 30.3. The van der Waals surface area contributed by atoms with Crippen LogP contribution in [0.4, 0.5) is 11.5 Å². The Hall–Kier alpha value is -1.39. The van der Waals surface area contributed by atoms with Gasteiger partial charge in [0.05, 0.1) is 19.2 Å². The minimum Gasteiger partial charge on any atom is -0.493 e. The molecule has 3 heterocycles. The summed E-state index contributed by atoms with van der Waals surface area (Å²) in [7, 11) is -0.318. The number of aromatic nitrogens is 2. The molecule has 0 unspecified atom stereocenters. The third-order valence-corrected chi connectivity index (χ3v) is 13.4. The van der Waals surface area contributed by atoms with Crippen LogP contribution in [0.1, 0.15) is 25.7 Å². The molecular formula is C30H46BrN5NaO4Si2. The van der Waals surface area contributed by atoms with Crippen LogP contribution < -0.4 is 28.9 Å². The third-order valence-electron chi connectivity index (χ3n) is 6.73. The topological polar surface area (TPSA) is 90.0 Å². The van der Waals surface area contributed by atoms with Crippen molar-refractivity contribution >= 4 is 84.4 Å². The van der Waals surface area contributed by atoms with Gasteiger partial charge in [0.25, 0.3) is 0 Å².